The van der Waals surface area contributed by atoms with E-state index in [4.69, 9.17) is 23.2 Å². The monoisotopic (exact) mass is 506 g/mol. The smallest absolute Gasteiger partial charge is 0.264 e. The van der Waals surface area contributed by atoms with Gasteiger partial charge in [-0.25, -0.2) is 8.42 Å². The van der Waals surface area contributed by atoms with E-state index >= 15 is 0 Å². The van der Waals surface area contributed by atoms with E-state index in [0.29, 0.717) is 22.8 Å². The third-order valence-corrected chi connectivity index (χ3v) is 9.84. The Morgan fingerprint density at radius 3 is 2.15 bits per heavy atom. The van der Waals surface area contributed by atoms with Crippen LogP contribution in [0.4, 0.5) is 5.69 Å². The Kier molecular flexibility index (Phi) is 5.91. The molecule has 8 heteroatoms. The van der Waals surface area contributed by atoms with Gasteiger partial charge in [0.15, 0.2) is 0 Å². The average Bonchev–Trinajstić information content (AvgIpc) is 2.73. The van der Waals surface area contributed by atoms with Gasteiger partial charge in [-0.2, -0.15) is 0 Å². The molecule has 0 unspecified atom stereocenters. The van der Waals surface area contributed by atoms with Gasteiger partial charge in [0.05, 0.1) is 15.6 Å². The normalized spacial score (nSPS) is 28.0. The van der Waals surface area contributed by atoms with E-state index < -0.39 is 10.0 Å². The first-order chi connectivity index (χ1) is 15.6. The van der Waals surface area contributed by atoms with Crippen molar-refractivity contribution in [2.45, 2.75) is 55.9 Å². The lowest BCUT2D eigenvalue weighted by Crippen LogP contribution is -2.61. The number of hydrogen-bond donors (Lipinski definition) is 1. The molecule has 0 aromatic heterocycles. The van der Waals surface area contributed by atoms with E-state index in [2.05, 4.69) is 5.32 Å². The summed E-state index contributed by atoms with van der Waals surface area (Å²) in [4.78, 5) is 13.4. The van der Waals surface area contributed by atoms with Gasteiger partial charge in [-0.1, -0.05) is 40.9 Å². The molecule has 0 atom stereocenters. The zero-order valence-corrected chi connectivity index (χ0v) is 20.9. The van der Waals surface area contributed by atoms with Gasteiger partial charge in [-0.05, 0) is 93.5 Å². The molecule has 4 saturated carbocycles. The van der Waals surface area contributed by atoms with Crippen molar-refractivity contribution in [3.8, 4) is 0 Å². The molecule has 4 aliphatic carbocycles. The highest BCUT2D eigenvalue weighted by atomic mass is 35.5. The molecule has 0 saturated heterocycles. The predicted octanol–water partition coefficient (Wildman–Crippen LogP) is 5.58. The zero-order chi connectivity index (χ0) is 23.4. The summed E-state index contributed by atoms with van der Waals surface area (Å²) in [5, 5.41) is 3.84. The minimum absolute atomic E-state index is 0.103. The maximum absolute atomic E-state index is 13.7. The topological polar surface area (TPSA) is 66.5 Å². The maximum Gasteiger partial charge on any atom is 0.264 e. The molecule has 0 aliphatic heterocycles. The van der Waals surface area contributed by atoms with Crippen molar-refractivity contribution in [3.05, 3.63) is 58.1 Å². The van der Waals surface area contributed by atoms with Gasteiger partial charge in [-0.15, -0.1) is 0 Å². The molecular weight excluding hydrogens is 479 g/mol. The molecule has 4 fully saturated rings. The van der Waals surface area contributed by atoms with Crippen molar-refractivity contribution >= 4 is 44.8 Å². The number of anilines is 1. The Labute approximate surface area is 205 Å². The molecular formula is C25H28Cl2N2O3S. The Morgan fingerprint density at radius 2 is 1.58 bits per heavy atom. The molecule has 2 aromatic rings. The van der Waals surface area contributed by atoms with Gasteiger partial charge in [0, 0.05) is 10.6 Å². The van der Waals surface area contributed by atoms with E-state index in [0.717, 1.165) is 29.1 Å². The second-order valence-corrected chi connectivity index (χ2v) is 12.9. The number of amides is 1. The zero-order valence-electron chi connectivity index (χ0n) is 18.6. The lowest BCUT2D eigenvalue weighted by molar-refractivity contribution is -0.125. The summed E-state index contributed by atoms with van der Waals surface area (Å²) in [6.07, 6.45) is 6.78. The average molecular weight is 507 g/mol. The number of benzene rings is 2. The molecule has 1 N–H and O–H groups in total. The highest BCUT2D eigenvalue weighted by Gasteiger charge is 2.51. The van der Waals surface area contributed by atoms with Crippen LogP contribution in [0.5, 0.6) is 0 Å². The Morgan fingerprint density at radius 1 is 1.00 bits per heavy atom. The van der Waals surface area contributed by atoms with Gasteiger partial charge >= 0.3 is 0 Å². The lowest BCUT2D eigenvalue weighted by Gasteiger charge is -2.57. The fourth-order valence-corrected chi connectivity index (χ4v) is 8.41. The van der Waals surface area contributed by atoms with E-state index in [1.165, 1.54) is 25.3 Å². The van der Waals surface area contributed by atoms with Crippen LogP contribution in [0.25, 0.3) is 0 Å². The van der Waals surface area contributed by atoms with Crippen LogP contribution in [0.3, 0.4) is 0 Å². The number of carbonyl (C=O) groups excluding carboxylic acids is 1. The highest BCUT2D eigenvalue weighted by molar-refractivity contribution is 7.92. The van der Waals surface area contributed by atoms with Gasteiger partial charge in [-0.3, -0.25) is 9.10 Å². The number of carbonyl (C=O) groups is 1. The number of aryl methyl sites for hydroxylation is 1. The number of nitrogens with one attached hydrogen (secondary N) is 1. The van der Waals surface area contributed by atoms with E-state index in [9.17, 15) is 13.2 Å². The molecule has 2 aromatic carbocycles. The molecule has 0 heterocycles. The van der Waals surface area contributed by atoms with Gasteiger partial charge in [0.25, 0.3) is 10.0 Å². The van der Waals surface area contributed by atoms with Crippen LogP contribution in [-0.2, 0) is 14.8 Å². The number of nitrogens with zero attached hydrogens (tertiary/aromatic N) is 1. The van der Waals surface area contributed by atoms with Crippen LogP contribution in [0.15, 0.2) is 47.4 Å². The summed E-state index contributed by atoms with van der Waals surface area (Å²) in [5.41, 5.74) is 0.940. The SMILES string of the molecule is Cc1ccc(S(=O)(=O)N(CC(=O)NC23CC4CC(CC(C4)C2)C3)c2cc(Cl)ccc2Cl)cc1. The summed E-state index contributed by atoms with van der Waals surface area (Å²) in [6.45, 7) is 1.54. The second kappa shape index (κ2) is 8.47. The van der Waals surface area contributed by atoms with E-state index in [1.54, 1.807) is 36.4 Å². The second-order valence-electron chi connectivity index (χ2n) is 10.2. The number of hydrogen-bond acceptors (Lipinski definition) is 3. The third kappa shape index (κ3) is 4.50. The summed E-state index contributed by atoms with van der Waals surface area (Å²) in [7, 11) is -4.04. The van der Waals surface area contributed by atoms with Gasteiger partial charge in [0.2, 0.25) is 5.91 Å². The van der Waals surface area contributed by atoms with Crippen molar-refractivity contribution in [2.24, 2.45) is 17.8 Å². The molecule has 33 heavy (non-hydrogen) atoms. The van der Waals surface area contributed by atoms with Crippen molar-refractivity contribution in [1.82, 2.24) is 5.32 Å². The number of rotatable bonds is 6. The molecule has 6 rings (SSSR count). The fourth-order valence-electron chi connectivity index (χ4n) is 6.54. The third-order valence-electron chi connectivity index (χ3n) is 7.52. The van der Waals surface area contributed by atoms with Gasteiger partial charge < -0.3 is 5.32 Å². The van der Waals surface area contributed by atoms with Crippen LogP contribution in [0, 0.1) is 24.7 Å². The van der Waals surface area contributed by atoms with Crippen molar-refractivity contribution in [2.75, 3.05) is 10.8 Å². The Bertz CT molecular complexity index is 1150. The first kappa shape index (κ1) is 23.0. The summed E-state index contributed by atoms with van der Waals surface area (Å²) >= 11 is 12.6. The molecule has 4 aliphatic rings. The van der Waals surface area contributed by atoms with Crippen LogP contribution in [0.2, 0.25) is 10.0 Å². The Balaban J connectivity index is 1.45. The number of halogens is 2. The Hall–Kier alpha value is -1.76. The minimum atomic E-state index is -4.04. The van der Waals surface area contributed by atoms with Crippen molar-refractivity contribution in [3.63, 3.8) is 0 Å². The molecule has 0 spiro atoms. The molecule has 176 valence electrons. The standard InChI is InChI=1S/C25H28Cl2N2O3S/c1-16-2-5-21(6-3-16)33(31,32)29(23-11-20(26)4-7-22(23)27)15-24(30)28-25-12-17-8-18(13-25)10-19(9-17)14-25/h2-7,11,17-19H,8-10,12-15H2,1H3,(H,28,30). The lowest BCUT2D eigenvalue weighted by atomic mass is 9.53. The largest absolute Gasteiger partial charge is 0.349 e. The molecule has 1 amide bonds. The van der Waals surface area contributed by atoms with Crippen molar-refractivity contribution in [1.29, 1.82) is 0 Å². The molecule has 0 radical (unpaired) electrons. The summed E-state index contributed by atoms with van der Waals surface area (Å²) in [5.74, 6) is 1.72. The molecule has 5 nitrogen and oxygen atoms in total. The van der Waals surface area contributed by atoms with E-state index in [-0.39, 0.29) is 33.6 Å². The first-order valence-corrected chi connectivity index (χ1v) is 13.7. The summed E-state index contributed by atoms with van der Waals surface area (Å²) in [6, 6.07) is 11.2. The first-order valence-electron chi connectivity index (χ1n) is 11.5. The van der Waals surface area contributed by atoms with Gasteiger partial charge in [0.1, 0.15) is 6.54 Å². The minimum Gasteiger partial charge on any atom is -0.349 e. The quantitative estimate of drug-likeness (QED) is 0.555. The maximum atomic E-state index is 13.7. The number of sulfonamides is 1. The highest BCUT2D eigenvalue weighted by Crippen LogP contribution is 2.55. The van der Waals surface area contributed by atoms with Crippen LogP contribution < -0.4 is 9.62 Å². The van der Waals surface area contributed by atoms with Crippen LogP contribution in [0.1, 0.15) is 44.1 Å². The van der Waals surface area contributed by atoms with Crippen LogP contribution >= 0.6 is 23.2 Å². The van der Waals surface area contributed by atoms with Crippen LogP contribution in [-0.4, -0.2) is 26.4 Å². The predicted molar refractivity (Wildman–Crippen MR) is 131 cm³/mol. The molecule has 4 bridgehead atoms. The van der Waals surface area contributed by atoms with Crippen molar-refractivity contribution < 1.29 is 13.2 Å². The fraction of sp³-hybridized carbons (Fsp3) is 0.480. The summed E-state index contributed by atoms with van der Waals surface area (Å²) < 4.78 is 28.4. The van der Waals surface area contributed by atoms with E-state index in [1.807, 2.05) is 6.92 Å².